The van der Waals surface area contributed by atoms with Crippen molar-refractivity contribution in [3.63, 3.8) is 0 Å². The van der Waals surface area contributed by atoms with Crippen LogP contribution < -0.4 is 20.1 Å². The number of nitrogens with one attached hydrogen (secondary N) is 2. The summed E-state index contributed by atoms with van der Waals surface area (Å²) >= 11 is 0. The predicted molar refractivity (Wildman–Crippen MR) is 231 cm³/mol. The number of aryl methyl sites for hydroxylation is 2. The van der Waals surface area contributed by atoms with Gasteiger partial charge in [-0.05, 0) is 176 Å². The fraction of sp³-hybridized carbons (Fsp3) is 0.447. The summed E-state index contributed by atoms with van der Waals surface area (Å²) in [6.45, 7) is 17.4. The molecular weight excluding hydrogens is 689 g/mol. The third kappa shape index (κ3) is 11.4. The van der Waals surface area contributed by atoms with Crippen LogP contribution in [0.2, 0.25) is 0 Å². The molecular formula is C47H64N2O4S. The van der Waals surface area contributed by atoms with Crippen molar-refractivity contribution < 1.29 is 19.1 Å². The molecule has 0 amide bonds. The van der Waals surface area contributed by atoms with Crippen molar-refractivity contribution in [1.82, 2.24) is 0 Å². The zero-order chi connectivity index (χ0) is 37.5. The highest BCUT2D eigenvalue weighted by molar-refractivity contribution is 7.59. The summed E-state index contributed by atoms with van der Waals surface area (Å²) in [5.41, 5.74) is 9.67. The van der Waals surface area contributed by atoms with E-state index in [0.717, 1.165) is 51.6 Å². The third-order valence-electron chi connectivity index (χ3n) is 9.99. The van der Waals surface area contributed by atoms with Crippen molar-refractivity contribution in [2.24, 2.45) is 10.8 Å². The van der Waals surface area contributed by atoms with Gasteiger partial charge in [-0.3, -0.25) is 9.59 Å². The number of carbonyl (C=O) groups excluding carboxylic acids is 2. The molecule has 2 aliphatic carbocycles. The van der Waals surface area contributed by atoms with Crippen molar-refractivity contribution in [3.8, 4) is 11.5 Å². The lowest BCUT2D eigenvalue weighted by atomic mass is 9.79. The van der Waals surface area contributed by atoms with Crippen LogP contribution >= 0.6 is 13.5 Å². The Hall–Kier alpha value is -4.23. The fourth-order valence-corrected chi connectivity index (χ4v) is 7.05. The predicted octanol–water partition coefficient (Wildman–Crippen LogP) is 11.4. The first-order chi connectivity index (χ1) is 24.8. The van der Waals surface area contributed by atoms with Gasteiger partial charge in [-0.15, -0.1) is 0 Å². The molecule has 54 heavy (non-hydrogen) atoms. The maximum Gasteiger partial charge on any atom is 0.316 e. The van der Waals surface area contributed by atoms with Crippen LogP contribution in [0.15, 0.2) is 84.9 Å². The standard InChI is InChI=1S/2C23H29NO2.CH4.H2S/c2*1-5-24-21-9-7-6-8-20(21)18-11-10-17-15-19(13-12-16(17)14-18)26-22(25)23(2,3)4;;/h2*6-9,12-13,15,18,24H,5,10-11,14H2,1-4H3;1H4;1H2/t2*18-;;/m10../s1. The Morgan fingerprint density at radius 2 is 0.963 bits per heavy atom. The Morgan fingerprint density at radius 1 is 0.593 bits per heavy atom. The molecule has 4 aromatic carbocycles. The molecule has 0 aliphatic heterocycles. The first-order valence-corrected chi connectivity index (χ1v) is 19.1. The quantitative estimate of drug-likeness (QED) is 0.138. The first-order valence-electron chi connectivity index (χ1n) is 19.1. The number of para-hydroxylation sites is 2. The van der Waals surface area contributed by atoms with Crippen LogP contribution in [0.5, 0.6) is 11.5 Å². The van der Waals surface area contributed by atoms with Gasteiger partial charge in [0.05, 0.1) is 10.8 Å². The van der Waals surface area contributed by atoms with Gasteiger partial charge in [-0.25, -0.2) is 0 Å². The summed E-state index contributed by atoms with van der Waals surface area (Å²) in [6, 6.07) is 29.5. The number of rotatable bonds is 8. The van der Waals surface area contributed by atoms with E-state index in [1.165, 1.54) is 44.8 Å². The summed E-state index contributed by atoms with van der Waals surface area (Å²) in [5, 5.41) is 6.97. The van der Waals surface area contributed by atoms with Gasteiger partial charge in [0, 0.05) is 24.5 Å². The molecule has 2 aliphatic rings. The molecule has 0 aromatic heterocycles. The largest absolute Gasteiger partial charge is 0.426 e. The van der Waals surface area contributed by atoms with Gasteiger partial charge in [0.1, 0.15) is 11.5 Å². The van der Waals surface area contributed by atoms with E-state index in [9.17, 15) is 9.59 Å². The number of carbonyl (C=O) groups is 2. The van der Waals surface area contributed by atoms with E-state index in [4.69, 9.17) is 9.47 Å². The summed E-state index contributed by atoms with van der Waals surface area (Å²) in [6.07, 6.45) is 6.33. The van der Waals surface area contributed by atoms with Crippen LogP contribution in [0.1, 0.15) is 121 Å². The van der Waals surface area contributed by atoms with Crippen LogP contribution in [0.3, 0.4) is 0 Å². The topological polar surface area (TPSA) is 76.7 Å². The normalized spacial score (nSPS) is 16.1. The minimum absolute atomic E-state index is 0. The Morgan fingerprint density at radius 3 is 1.31 bits per heavy atom. The molecule has 0 unspecified atom stereocenters. The maximum absolute atomic E-state index is 12.1. The summed E-state index contributed by atoms with van der Waals surface area (Å²) in [5.74, 6) is 2.00. The van der Waals surface area contributed by atoms with Crippen molar-refractivity contribution in [2.45, 2.75) is 113 Å². The fourth-order valence-electron chi connectivity index (χ4n) is 7.05. The van der Waals surface area contributed by atoms with E-state index in [0.29, 0.717) is 23.3 Å². The van der Waals surface area contributed by atoms with E-state index in [1.807, 2.05) is 65.8 Å². The number of esters is 2. The van der Waals surface area contributed by atoms with Crippen LogP contribution in [-0.4, -0.2) is 25.0 Å². The first kappa shape index (κ1) is 44.2. The number of anilines is 2. The smallest absolute Gasteiger partial charge is 0.316 e. The third-order valence-corrected chi connectivity index (χ3v) is 9.99. The van der Waals surface area contributed by atoms with Crippen molar-refractivity contribution in [3.05, 3.63) is 118 Å². The summed E-state index contributed by atoms with van der Waals surface area (Å²) in [7, 11) is 0. The lowest BCUT2D eigenvalue weighted by Gasteiger charge is -2.27. The van der Waals surface area contributed by atoms with Crippen LogP contribution in [-0.2, 0) is 35.3 Å². The van der Waals surface area contributed by atoms with Gasteiger partial charge in [0.2, 0.25) is 0 Å². The van der Waals surface area contributed by atoms with Gasteiger partial charge in [-0.1, -0.05) is 56.0 Å². The Labute approximate surface area is 332 Å². The van der Waals surface area contributed by atoms with E-state index < -0.39 is 10.8 Å². The van der Waals surface area contributed by atoms with Gasteiger partial charge < -0.3 is 20.1 Å². The minimum atomic E-state index is -0.489. The van der Waals surface area contributed by atoms with Gasteiger partial charge in [-0.2, -0.15) is 13.5 Å². The molecule has 7 heteroatoms. The zero-order valence-electron chi connectivity index (χ0n) is 33.0. The van der Waals surface area contributed by atoms with Crippen LogP contribution in [0, 0.1) is 10.8 Å². The average molecular weight is 753 g/mol. The highest BCUT2D eigenvalue weighted by Gasteiger charge is 2.27. The average Bonchev–Trinajstić information content (AvgIpc) is 3.11. The Kier molecular flexibility index (Phi) is 15.9. The van der Waals surface area contributed by atoms with Crippen LogP contribution in [0.4, 0.5) is 11.4 Å². The van der Waals surface area contributed by atoms with E-state index >= 15 is 0 Å². The number of benzene rings is 4. The summed E-state index contributed by atoms with van der Waals surface area (Å²) in [4.78, 5) is 24.2. The molecule has 6 nitrogen and oxygen atoms in total. The number of hydrogen-bond donors (Lipinski definition) is 2. The Bertz CT molecular complexity index is 1720. The monoisotopic (exact) mass is 752 g/mol. The molecule has 6 rings (SSSR count). The molecule has 292 valence electrons. The number of ether oxygens (including phenoxy) is 2. The Balaban J connectivity index is 0.000000280. The lowest BCUT2D eigenvalue weighted by molar-refractivity contribution is -0.143. The second-order valence-corrected chi connectivity index (χ2v) is 16.3. The van der Waals surface area contributed by atoms with E-state index in [1.54, 1.807) is 0 Å². The van der Waals surface area contributed by atoms with Gasteiger partial charge >= 0.3 is 11.9 Å². The van der Waals surface area contributed by atoms with Gasteiger partial charge in [0.15, 0.2) is 0 Å². The lowest BCUT2D eigenvalue weighted by Crippen LogP contribution is -2.25. The van der Waals surface area contributed by atoms with Crippen molar-refractivity contribution >= 4 is 36.8 Å². The van der Waals surface area contributed by atoms with Gasteiger partial charge in [0.25, 0.3) is 0 Å². The molecule has 0 spiro atoms. The van der Waals surface area contributed by atoms with Crippen molar-refractivity contribution in [1.29, 1.82) is 0 Å². The molecule has 0 saturated carbocycles. The molecule has 0 fully saturated rings. The molecule has 0 radical (unpaired) electrons. The molecule has 2 N–H and O–H groups in total. The second-order valence-electron chi connectivity index (χ2n) is 16.3. The van der Waals surface area contributed by atoms with E-state index in [2.05, 4.69) is 85.1 Å². The molecule has 2 atom stereocenters. The molecule has 0 bridgehead atoms. The summed E-state index contributed by atoms with van der Waals surface area (Å²) < 4.78 is 11.1. The number of fused-ring (bicyclic) bond motifs is 2. The zero-order valence-corrected chi connectivity index (χ0v) is 34.0. The number of hydrogen-bond acceptors (Lipinski definition) is 6. The maximum atomic E-state index is 12.1. The van der Waals surface area contributed by atoms with E-state index in [-0.39, 0.29) is 32.9 Å². The SMILES string of the molecule is C.CCNc1ccccc1[C@@H]1CCc2cc(OC(=O)C(C)(C)C)ccc2C1.CCNc1ccccc1[C@H]1CCc2cc(OC(=O)C(C)(C)C)ccc2C1.S. The highest BCUT2D eigenvalue weighted by atomic mass is 32.1. The highest BCUT2D eigenvalue weighted by Crippen LogP contribution is 2.39. The molecule has 0 heterocycles. The molecule has 0 saturated heterocycles. The minimum Gasteiger partial charge on any atom is -0.426 e. The van der Waals surface area contributed by atoms with Crippen LogP contribution in [0.25, 0.3) is 0 Å². The second kappa shape index (κ2) is 19.4. The molecule has 4 aromatic rings. The van der Waals surface area contributed by atoms with Crippen molar-refractivity contribution in [2.75, 3.05) is 23.7 Å².